The third-order valence-corrected chi connectivity index (χ3v) is 4.33. The van der Waals surface area contributed by atoms with Gasteiger partial charge in [0.25, 0.3) is 5.91 Å². The van der Waals surface area contributed by atoms with Gasteiger partial charge in [-0.05, 0) is 48.9 Å². The van der Waals surface area contributed by atoms with Gasteiger partial charge in [0.2, 0.25) is 0 Å². The molecule has 0 heterocycles. The van der Waals surface area contributed by atoms with Crippen molar-refractivity contribution in [1.29, 1.82) is 0 Å². The largest absolute Gasteiger partial charge is 0.322 e. The molecule has 1 N–H and O–H groups in total. The second kappa shape index (κ2) is 8.45. The molecule has 0 saturated heterocycles. The van der Waals surface area contributed by atoms with Crippen LogP contribution >= 0.6 is 0 Å². The zero-order valence-corrected chi connectivity index (χ0v) is 15.3. The van der Waals surface area contributed by atoms with Crippen LogP contribution in [-0.4, -0.2) is 17.9 Å². The first-order chi connectivity index (χ1) is 12.6. The van der Waals surface area contributed by atoms with E-state index in [1.165, 1.54) is 11.1 Å². The zero-order valence-electron chi connectivity index (χ0n) is 15.3. The second-order valence-electron chi connectivity index (χ2n) is 6.63. The van der Waals surface area contributed by atoms with Crippen LogP contribution in [0.3, 0.4) is 0 Å². The summed E-state index contributed by atoms with van der Waals surface area (Å²) < 4.78 is 0. The van der Waals surface area contributed by atoms with Crippen LogP contribution in [0.2, 0.25) is 0 Å². The van der Waals surface area contributed by atoms with Gasteiger partial charge < -0.3 is 5.32 Å². The van der Waals surface area contributed by atoms with E-state index in [4.69, 9.17) is 0 Å². The van der Waals surface area contributed by atoms with Gasteiger partial charge in [-0.25, -0.2) is 0 Å². The molecule has 3 aromatic carbocycles. The number of hydrogen-bond donors (Lipinski definition) is 1. The van der Waals surface area contributed by atoms with Crippen LogP contribution in [0.1, 0.15) is 27.0 Å². The second-order valence-corrected chi connectivity index (χ2v) is 6.63. The van der Waals surface area contributed by atoms with Crippen molar-refractivity contribution < 1.29 is 4.79 Å². The van der Waals surface area contributed by atoms with E-state index in [9.17, 15) is 4.79 Å². The summed E-state index contributed by atoms with van der Waals surface area (Å²) in [5.41, 5.74) is 5.06. The maximum Gasteiger partial charge on any atom is 0.255 e. The van der Waals surface area contributed by atoms with Crippen molar-refractivity contribution in [3.63, 3.8) is 0 Å². The Hall–Kier alpha value is -2.91. The highest BCUT2D eigenvalue weighted by atomic mass is 16.1. The van der Waals surface area contributed by atoms with Crippen molar-refractivity contribution in [1.82, 2.24) is 4.90 Å². The fraction of sp³-hybridized carbons (Fsp3) is 0.174. The first kappa shape index (κ1) is 17.9. The van der Waals surface area contributed by atoms with Gasteiger partial charge in [-0.2, -0.15) is 0 Å². The molecule has 0 aliphatic heterocycles. The summed E-state index contributed by atoms with van der Waals surface area (Å²) in [5.74, 6) is -0.0801. The Morgan fingerprint density at radius 2 is 1.46 bits per heavy atom. The van der Waals surface area contributed by atoms with Crippen LogP contribution in [0.15, 0.2) is 78.9 Å². The number of anilines is 1. The Morgan fingerprint density at radius 3 is 2.15 bits per heavy atom. The van der Waals surface area contributed by atoms with Crippen LogP contribution in [0.4, 0.5) is 5.69 Å². The normalized spacial score (nSPS) is 10.7. The number of rotatable bonds is 6. The van der Waals surface area contributed by atoms with E-state index in [2.05, 4.69) is 59.7 Å². The smallest absolute Gasteiger partial charge is 0.255 e. The molecule has 132 valence electrons. The SMILES string of the molecule is Cc1ccc(CN(C)Cc2ccccc2)cc1NC(=O)c1ccccc1. The highest BCUT2D eigenvalue weighted by molar-refractivity contribution is 6.04. The molecule has 0 bridgehead atoms. The number of carbonyl (C=O) groups excluding carboxylic acids is 1. The molecule has 0 aliphatic rings. The molecule has 3 heteroatoms. The Labute approximate surface area is 155 Å². The van der Waals surface area contributed by atoms with Crippen molar-refractivity contribution in [2.45, 2.75) is 20.0 Å². The minimum Gasteiger partial charge on any atom is -0.322 e. The highest BCUT2D eigenvalue weighted by Gasteiger charge is 2.09. The lowest BCUT2D eigenvalue weighted by atomic mass is 10.1. The molecule has 0 saturated carbocycles. The average Bonchev–Trinajstić information content (AvgIpc) is 2.66. The van der Waals surface area contributed by atoms with Crippen molar-refractivity contribution in [2.24, 2.45) is 0 Å². The predicted molar refractivity (Wildman–Crippen MR) is 107 cm³/mol. The molecule has 0 aliphatic carbocycles. The fourth-order valence-corrected chi connectivity index (χ4v) is 2.95. The summed E-state index contributed by atoms with van der Waals surface area (Å²) in [5, 5.41) is 3.03. The average molecular weight is 344 g/mol. The first-order valence-corrected chi connectivity index (χ1v) is 8.80. The quantitative estimate of drug-likeness (QED) is 0.691. The van der Waals surface area contributed by atoms with Crippen LogP contribution < -0.4 is 5.32 Å². The minimum absolute atomic E-state index is 0.0801. The van der Waals surface area contributed by atoms with E-state index in [0.29, 0.717) is 5.56 Å². The van der Waals surface area contributed by atoms with Gasteiger partial charge in [0.15, 0.2) is 0 Å². The van der Waals surface area contributed by atoms with E-state index in [0.717, 1.165) is 24.3 Å². The minimum atomic E-state index is -0.0801. The summed E-state index contributed by atoms with van der Waals surface area (Å²) in [7, 11) is 2.11. The van der Waals surface area contributed by atoms with E-state index >= 15 is 0 Å². The Bertz CT molecular complexity index is 860. The van der Waals surface area contributed by atoms with E-state index in [-0.39, 0.29) is 5.91 Å². The van der Waals surface area contributed by atoms with Crippen LogP contribution in [0, 0.1) is 6.92 Å². The molecule has 3 rings (SSSR count). The standard InChI is InChI=1S/C23H24N2O/c1-18-13-14-20(17-25(2)16-19-9-5-3-6-10-19)15-22(18)24-23(26)21-11-7-4-8-12-21/h3-15H,16-17H2,1-2H3,(H,24,26). The molecular weight excluding hydrogens is 320 g/mol. The molecule has 0 radical (unpaired) electrons. The Kier molecular flexibility index (Phi) is 5.82. The number of hydrogen-bond acceptors (Lipinski definition) is 2. The van der Waals surface area contributed by atoms with Gasteiger partial charge in [0.1, 0.15) is 0 Å². The summed E-state index contributed by atoms with van der Waals surface area (Å²) in [6, 6.07) is 26.0. The molecule has 0 spiro atoms. The zero-order chi connectivity index (χ0) is 18.4. The van der Waals surface area contributed by atoms with E-state index < -0.39 is 0 Å². The Morgan fingerprint density at radius 1 is 0.846 bits per heavy atom. The Balaban J connectivity index is 1.68. The van der Waals surface area contributed by atoms with Crippen molar-refractivity contribution in [2.75, 3.05) is 12.4 Å². The number of nitrogens with zero attached hydrogens (tertiary/aromatic N) is 1. The van der Waals surface area contributed by atoms with Crippen molar-refractivity contribution in [3.05, 3.63) is 101 Å². The summed E-state index contributed by atoms with van der Waals surface area (Å²) in [4.78, 5) is 14.7. The summed E-state index contributed by atoms with van der Waals surface area (Å²) in [6.07, 6.45) is 0. The molecule has 0 unspecified atom stereocenters. The van der Waals surface area contributed by atoms with Gasteiger partial charge >= 0.3 is 0 Å². The predicted octanol–water partition coefficient (Wildman–Crippen LogP) is 4.88. The maximum atomic E-state index is 12.4. The molecular formula is C23H24N2O. The number of nitrogens with one attached hydrogen (secondary N) is 1. The fourth-order valence-electron chi connectivity index (χ4n) is 2.95. The number of aryl methyl sites for hydroxylation is 1. The topological polar surface area (TPSA) is 32.3 Å². The molecule has 1 amide bonds. The maximum absolute atomic E-state index is 12.4. The summed E-state index contributed by atoms with van der Waals surface area (Å²) >= 11 is 0. The molecule has 0 aromatic heterocycles. The van der Waals surface area contributed by atoms with Crippen LogP contribution in [0.5, 0.6) is 0 Å². The lowest BCUT2D eigenvalue weighted by Gasteiger charge is -2.18. The van der Waals surface area contributed by atoms with Crippen molar-refractivity contribution in [3.8, 4) is 0 Å². The first-order valence-electron chi connectivity index (χ1n) is 8.80. The number of benzene rings is 3. The van der Waals surface area contributed by atoms with Crippen LogP contribution in [0.25, 0.3) is 0 Å². The molecule has 3 aromatic rings. The lowest BCUT2D eigenvalue weighted by molar-refractivity contribution is 0.102. The third kappa shape index (κ3) is 4.80. The van der Waals surface area contributed by atoms with Gasteiger partial charge in [0.05, 0.1) is 0 Å². The van der Waals surface area contributed by atoms with E-state index in [1.54, 1.807) is 0 Å². The van der Waals surface area contributed by atoms with Gasteiger partial charge in [-0.3, -0.25) is 9.69 Å². The molecule has 26 heavy (non-hydrogen) atoms. The van der Waals surface area contributed by atoms with Gasteiger partial charge in [0, 0.05) is 24.3 Å². The molecule has 0 atom stereocenters. The number of carbonyl (C=O) groups is 1. The van der Waals surface area contributed by atoms with Gasteiger partial charge in [-0.1, -0.05) is 60.7 Å². The van der Waals surface area contributed by atoms with Gasteiger partial charge in [-0.15, -0.1) is 0 Å². The third-order valence-electron chi connectivity index (χ3n) is 4.33. The van der Waals surface area contributed by atoms with Crippen LogP contribution in [-0.2, 0) is 13.1 Å². The van der Waals surface area contributed by atoms with Crippen molar-refractivity contribution >= 4 is 11.6 Å². The molecule has 0 fully saturated rings. The number of amides is 1. The van der Waals surface area contributed by atoms with E-state index in [1.807, 2.05) is 43.3 Å². The summed E-state index contributed by atoms with van der Waals surface area (Å²) in [6.45, 7) is 3.72. The monoisotopic (exact) mass is 344 g/mol. The molecule has 3 nitrogen and oxygen atoms in total. The highest BCUT2D eigenvalue weighted by Crippen LogP contribution is 2.19. The lowest BCUT2D eigenvalue weighted by Crippen LogP contribution is -2.18.